The Morgan fingerprint density at radius 2 is 1.64 bits per heavy atom. The van der Waals surface area contributed by atoms with Crippen LogP contribution in [0.25, 0.3) is 22.0 Å². The summed E-state index contributed by atoms with van der Waals surface area (Å²) in [6, 6.07) is 26.0. The van der Waals surface area contributed by atoms with Crippen molar-refractivity contribution in [1.82, 2.24) is 9.99 Å². The van der Waals surface area contributed by atoms with Crippen molar-refractivity contribution in [2.24, 2.45) is 5.10 Å². The van der Waals surface area contributed by atoms with E-state index in [1.54, 1.807) is 12.1 Å². The molecule has 0 aliphatic carbocycles. The highest BCUT2D eigenvalue weighted by atomic mass is 19.1. The van der Waals surface area contributed by atoms with Crippen molar-refractivity contribution >= 4 is 22.5 Å². The van der Waals surface area contributed by atoms with Crippen molar-refractivity contribution in [2.45, 2.75) is 19.4 Å². The molecule has 2 heterocycles. The normalized spacial score (nSPS) is 15.0. The molecule has 39 heavy (non-hydrogen) atoms. The van der Waals surface area contributed by atoms with Gasteiger partial charge in [-0.3, -0.25) is 9.59 Å². The van der Waals surface area contributed by atoms with Gasteiger partial charge in [0, 0.05) is 28.5 Å². The number of carbonyl (C=O) groups is 1. The lowest BCUT2D eigenvalue weighted by Crippen LogP contribution is -2.27. The maximum atomic E-state index is 14.0. The Balaban J connectivity index is 1.57. The second kappa shape index (κ2) is 9.76. The molecule has 0 saturated heterocycles. The second-order valence-corrected chi connectivity index (χ2v) is 9.60. The van der Waals surface area contributed by atoms with Crippen LogP contribution in [-0.4, -0.2) is 21.6 Å². The predicted octanol–water partition coefficient (Wildman–Crippen LogP) is 6.77. The van der Waals surface area contributed by atoms with Crippen LogP contribution in [0.15, 0.2) is 107 Å². The van der Waals surface area contributed by atoms with Gasteiger partial charge >= 0.3 is 0 Å². The van der Waals surface area contributed by atoms with Crippen LogP contribution in [0, 0.1) is 18.6 Å². The molecule has 1 aliphatic rings. The van der Waals surface area contributed by atoms with Crippen LogP contribution in [-0.2, 0) is 0 Å². The van der Waals surface area contributed by atoms with Gasteiger partial charge in [0.05, 0.1) is 17.3 Å². The fourth-order valence-electron chi connectivity index (χ4n) is 5.13. The zero-order chi connectivity index (χ0) is 27.1. The highest BCUT2D eigenvalue weighted by molar-refractivity contribution is 6.13. The quantitative estimate of drug-likeness (QED) is 0.285. The molecule has 5 nitrogen and oxygen atoms in total. The van der Waals surface area contributed by atoms with E-state index in [2.05, 4.69) is 10.1 Å². The zero-order valence-corrected chi connectivity index (χ0v) is 21.0. The van der Waals surface area contributed by atoms with Crippen molar-refractivity contribution in [1.29, 1.82) is 0 Å². The topological polar surface area (TPSA) is 65.5 Å². The van der Waals surface area contributed by atoms with E-state index in [9.17, 15) is 18.4 Å². The molecule has 192 valence electrons. The van der Waals surface area contributed by atoms with Crippen molar-refractivity contribution < 1.29 is 13.6 Å². The van der Waals surface area contributed by atoms with Crippen molar-refractivity contribution in [3.8, 4) is 11.1 Å². The first-order chi connectivity index (χ1) is 18.9. The number of H-pyrrole nitrogens is 1. The summed E-state index contributed by atoms with van der Waals surface area (Å²) >= 11 is 0. The summed E-state index contributed by atoms with van der Waals surface area (Å²) in [4.78, 5) is 30.2. The molecule has 0 unspecified atom stereocenters. The zero-order valence-electron chi connectivity index (χ0n) is 21.0. The molecule has 5 aromatic rings. The number of halogens is 2. The number of aryl methyl sites for hydroxylation is 1. The number of hydrazone groups is 1. The van der Waals surface area contributed by atoms with Gasteiger partial charge in [0.25, 0.3) is 11.5 Å². The molecule has 1 amide bonds. The number of amides is 1. The van der Waals surface area contributed by atoms with Crippen LogP contribution in [0.5, 0.6) is 0 Å². The highest BCUT2D eigenvalue weighted by Gasteiger charge is 2.36. The van der Waals surface area contributed by atoms with E-state index >= 15 is 0 Å². The van der Waals surface area contributed by atoms with Gasteiger partial charge in [0.15, 0.2) is 0 Å². The second-order valence-electron chi connectivity index (χ2n) is 9.60. The molecular weight excluding hydrogens is 496 g/mol. The SMILES string of the molecule is Cc1ccc2[nH]c(=O)c(C3=NN(C(=O)c4cccc(F)c4)[C@H](c4ccc(F)cc4)C3)c(-c3ccccc3)c2c1. The van der Waals surface area contributed by atoms with Gasteiger partial charge in [-0.25, -0.2) is 13.8 Å². The number of pyridine rings is 1. The molecule has 1 N–H and O–H groups in total. The Morgan fingerprint density at radius 1 is 0.872 bits per heavy atom. The van der Waals surface area contributed by atoms with Gasteiger partial charge in [-0.2, -0.15) is 5.10 Å². The average molecular weight is 520 g/mol. The Labute approximate surface area is 223 Å². The summed E-state index contributed by atoms with van der Waals surface area (Å²) in [5.74, 6) is -1.47. The number of aromatic nitrogens is 1. The summed E-state index contributed by atoms with van der Waals surface area (Å²) in [6.45, 7) is 1.98. The standard InChI is InChI=1S/C32H23F2N3O2/c1-19-10-15-26-25(16-19)29(21-6-3-2-4-7-21)30(31(38)35-26)27-18-28(20-11-13-23(33)14-12-20)37(36-27)32(39)22-8-5-9-24(34)17-22/h2-17,28H,18H2,1H3,(H,35,38)/t28-/m0/s1. The maximum absolute atomic E-state index is 14.0. The van der Waals surface area contributed by atoms with E-state index in [0.717, 1.165) is 28.1 Å². The van der Waals surface area contributed by atoms with E-state index in [0.29, 0.717) is 22.4 Å². The molecule has 1 atom stereocenters. The third-order valence-corrected chi connectivity index (χ3v) is 6.97. The third kappa shape index (κ3) is 4.52. The largest absolute Gasteiger partial charge is 0.321 e. The number of carbonyl (C=O) groups excluding carboxylic acids is 1. The number of hydrogen-bond donors (Lipinski definition) is 1. The van der Waals surface area contributed by atoms with Crippen LogP contribution in [0.4, 0.5) is 8.78 Å². The minimum Gasteiger partial charge on any atom is -0.321 e. The molecule has 6 rings (SSSR count). The van der Waals surface area contributed by atoms with Crippen molar-refractivity contribution in [2.75, 3.05) is 0 Å². The molecule has 1 aromatic heterocycles. The smallest absolute Gasteiger partial charge is 0.274 e. The highest BCUT2D eigenvalue weighted by Crippen LogP contribution is 2.37. The maximum Gasteiger partial charge on any atom is 0.274 e. The fraction of sp³-hybridized carbons (Fsp3) is 0.0938. The van der Waals surface area contributed by atoms with E-state index in [4.69, 9.17) is 0 Å². The van der Waals surface area contributed by atoms with Gasteiger partial charge in [-0.05, 0) is 60.5 Å². The fourth-order valence-corrected chi connectivity index (χ4v) is 5.13. The van der Waals surface area contributed by atoms with Crippen LogP contribution >= 0.6 is 0 Å². The molecule has 0 saturated carbocycles. The molecule has 0 bridgehead atoms. The lowest BCUT2D eigenvalue weighted by molar-refractivity contribution is 0.0710. The molecule has 1 aliphatic heterocycles. The lowest BCUT2D eigenvalue weighted by Gasteiger charge is -2.22. The summed E-state index contributed by atoms with van der Waals surface area (Å²) in [6.07, 6.45) is 0.215. The van der Waals surface area contributed by atoms with E-state index in [-0.39, 0.29) is 17.5 Å². The molecule has 0 radical (unpaired) electrons. The van der Waals surface area contributed by atoms with Crippen LogP contribution in [0.3, 0.4) is 0 Å². The Hall–Kier alpha value is -4.91. The molecule has 0 fully saturated rings. The van der Waals surface area contributed by atoms with E-state index in [1.807, 2.05) is 55.5 Å². The van der Waals surface area contributed by atoms with E-state index < -0.39 is 23.6 Å². The van der Waals surface area contributed by atoms with Crippen LogP contribution < -0.4 is 5.56 Å². The lowest BCUT2D eigenvalue weighted by atomic mass is 9.90. The molecule has 7 heteroatoms. The van der Waals surface area contributed by atoms with Gasteiger partial charge in [0.1, 0.15) is 11.6 Å². The number of nitrogens with one attached hydrogen (secondary N) is 1. The van der Waals surface area contributed by atoms with Gasteiger partial charge < -0.3 is 4.98 Å². The van der Waals surface area contributed by atoms with Crippen LogP contribution in [0.1, 0.15) is 39.5 Å². The third-order valence-electron chi connectivity index (χ3n) is 6.97. The van der Waals surface area contributed by atoms with Gasteiger partial charge in [0.2, 0.25) is 0 Å². The minimum atomic E-state index is -0.618. The Morgan fingerprint density at radius 3 is 2.38 bits per heavy atom. The number of nitrogens with zero attached hydrogens (tertiary/aromatic N) is 2. The monoisotopic (exact) mass is 519 g/mol. The number of hydrogen-bond acceptors (Lipinski definition) is 3. The Kier molecular flexibility index (Phi) is 6.11. The van der Waals surface area contributed by atoms with E-state index in [1.165, 1.54) is 35.3 Å². The number of aromatic amines is 1. The molecule has 0 spiro atoms. The summed E-state index contributed by atoms with van der Waals surface area (Å²) < 4.78 is 27.8. The average Bonchev–Trinajstić information content (AvgIpc) is 3.38. The van der Waals surface area contributed by atoms with Crippen molar-refractivity contribution in [3.05, 3.63) is 141 Å². The predicted molar refractivity (Wildman–Crippen MR) is 148 cm³/mol. The summed E-state index contributed by atoms with van der Waals surface area (Å²) in [5, 5.41) is 6.81. The summed E-state index contributed by atoms with van der Waals surface area (Å²) in [7, 11) is 0. The van der Waals surface area contributed by atoms with Crippen LogP contribution in [0.2, 0.25) is 0 Å². The number of rotatable bonds is 4. The number of fused-ring (bicyclic) bond motifs is 1. The first-order valence-electron chi connectivity index (χ1n) is 12.5. The van der Waals surface area contributed by atoms with Gasteiger partial charge in [-0.1, -0.05) is 60.2 Å². The molecular formula is C32H23F2N3O2. The number of benzene rings is 4. The first kappa shape index (κ1) is 24.4. The van der Waals surface area contributed by atoms with Crippen molar-refractivity contribution in [3.63, 3.8) is 0 Å². The molecule has 4 aromatic carbocycles. The first-order valence-corrected chi connectivity index (χ1v) is 12.5. The minimum absolute atomic E-state index is 0.124. The Bertz CT molecular complexity index is 1810. The van der Waals surface area contributed by atoms with Gasteiger partial charge in [-0.15, -0.1) is 0 Å². The summed E-state index contributed by atoms with van der Waals surface area (Å²) in [5.41, 5.74) is 4.49.